The monoisotopic (exact) mass is 256 g/mol. The van der Waals surface area contributed by atoms with Gasteiger partial charge >= 0.3 is 0 Å². The van der Waals surface area contributed by atoms with E-state index in [4.69, 9.17) is 5.26 Å². The number of hydrogen-bond acceptors (Lipinski definition) is 3. The molecule has 0 atom stereocenters. The second kappa shape index (κ2) is 5.32. The predicted molar refractivity (Wildman–Crippen MR) is 75.7 cm³/mol. The molecule has 1 aromatic heterocycles. The highest BCUT2D eigenvalue weighted by molar-refractivity contribution is 7.15. The summed E-state index contributed by atoms with van der Waals surface area (Å²) in [6.45, 7) is 6.40. The predicted octanol–water partition coefficient (Wildman–Crippen LogP) is 4.31. The quantitative estimate of drug-likeness (QED) is 0.820. The average molecular weight is 256 g/mol. The zero-order chi connectivity index (χ0) is 13.1. The third-order valence-electron chi connectivity index (χ3n) is 2.96. The molecule has 0 N–H and O–H groups in total. The smallest absolute Gasteiger partial charge is 0.123 e. The fourth-order valence-electron chi connectivity index (χ4n) is 1.80. The molecule has 18 heavy (non-hydrogen) atoms. The SMILES string of the molecule is Cc1sc(-c2ccc(C(C)C)cc2)nc1CC#N. The van der Waals surface area contributed by atoms with Crippen molar-refractivity contribution in [2.45, 2.75) is 33.1 Å². The number of benzene rings is 1. The lowest BCUT2D eigenvalue weighted by atomic mass is 10.0. The molecule has 0 unspecified atom stereocenters. The molecule has 0 bridgehead atoms. The van der Waals surface area contributed by atoms with Crippen molar-refractivity contribution < 1.29 is 0 Å². The Morgan fingerprint density at radius 2 is 1.94 bits per heavy atom. The highest BCUT2D eigenvalue weighted by atomic mass is 32.1. The molecule has 2 aromatic rings. The minimum atomic E-state index is 0.395. The van der Waals surface area contributed by atoms with Gasteiger partial charge < -0.3 is 0 Å². The molecule has 0 saturated carbocycles. The van der Waals surface area contributed by atoms with Gasteiger partial charge in [-0.05, 0) is 18.4 Å². The molecule has 0 amide bonds. The van der Waals surface area contributed by atoms with Gasteiger partial charge in [-0.15, -0.1) is 11.3 Å². The molecule has 0 aliphatic carbocycles. The van der Waals surface area contributed by atoms with E-state index in [0.29, 0.717) is 12.3 Å². The van der Waals surface area contributed by atoms with Gasteiger partial charge in [0, 0.05) is 10.4 Å². The van der Waals surface area contributed by atoms with Crippen LogP contribution in [0.1, 0.15) is 35.9 Å². The van der Waals surface area contributed by atoms with Crippen LogP contribution in [0.15, 0.2) is 24.3 Å². The van der Waals surface area contributed by atoms with E-state index in [1.807, 2.05) is 6.92 Å². The molecule has 0 aliphatic rings. The van der Waals surface area contributed by atoms with Gasteiger partial charge in [0.15, 0.2) is 0 Å². The van der Waals surface area contributed by atoms with Crippen molar-refractivity contribution in [2.75, 3.05) is 0 Å². The molecule has 1 aromatic carbocycles. The minimum absolute atomic E-state index is 0.395. The number of hydrogen-bond donors (Lipinski definition) is 0. The van der Waals surface area contributed by atoms with Gasteiger partial charge in [0.25, 0.3) is 0 Å². The molecular weight excluding hydrogens is 240 g/mol. The summed E-state index contributed by atoms with van der Waals surface area (Å²) < 4.78 is 0. The van der Waals surface area contributed by atoms with Gasteiger partial charge in [-0.2, -0.15) is 5.26 Å². The normalized spacial score (nSPS) is 10.6. The molecule has 0 saturated heterocycles. The number of aromatic nitrogens is 1. The summed E-state index contributed by atoms with van der Waals surface area (Å²) in [6, 6.07) is 10.7. The zero-order valence-corrected chi connectivity index (χ0v) is 11.7. The number of rotatable bonds is 3. The van der Waals surface area contributed by atoms with E-state index in [1.54, 1.807) is 11.3 Å². The molecule has 92 valence electrons. The van der Waals surface area contributed by atoms with Crippen molar-refractivity contribution in [3.8, 4) is 16.6 Å². The Kier molecular flexibility index (Phi) is 3.78. The number of nitrogens with zero attached hydrogens (tertiary/aromatic N) is 2. The fraction of sp³-hybridized carbons (Fsp3) is 0.333. The third kappa shape index (κ3) is 2.60. The van der Waals surface area contributed by atoms with Crippen LogP contribution >= 0.6 is 11.3 Å². The number of nitriles is 1. The van der Waals surface area contributed by atoms with Crippen molar-refractivity contribution in [1.82, 2.24) is 4.98 Å². The third-order valence-corrected chi connectivity index (χ3v) is 4.03. The lowest BCUT2D eigenvalue weighted by Crippen LogP contribution is -1.87. The van der Waals surface area contributed by atoms with Gasteiger partial charge in [0.05, 0.1) is 18.2 Å². The van der Waals surface area contributed by atoms with Crippen LogP contribution in [0.5, 0.6) is 0 Å². The van der Waals surface area contributed by atoms with E-state index < -0.39 is 0 Å². The topological polar surface area (TPSA) is 36.7 Å². The van der Waals surface area contributed by atoms with E-state index in [2.05, 4.69) is 49.2 Å². The first-order valence-corrected chi connectivity index (χ1v) is 6.87. The van der Waals surface area contributed by atoms with Crippen molar-refractivity contribution >= 4 is 11.3 Å². The average Bonchev–Trinajstić information content (AvgIpc) is 2.72. The van der Waals surface area contributed by atoms with Crippen LogP contribution in [-0.2, 0) is 6.42 Å². The Bertz CT molecular complexity index is 574. The standard InChI is InChI=1S/C15H16N2S/c1-10(2)12-4-6-13(7-5-12)15-17-14(8-9-16)11(3)18-15/h4-7,10H,8H2,1-3H3. The molecular formula is C15H16N2S. The van der Waals surface area contributed by atoms with Crippen molar-refractivity contribution in [2.24, 2.45) is 0 Å². The first-order valence-electron chi connectivity index (χ1n) is 6.05. The van der Waals surface area contributed by atoms with Gasteiger partial charge in [-0.25, -0.2) is 4.98 Å². The summed E-state index contributed by atoms with van der Waals surface area (Å²) in [6.07, 6.45) is 0.395. The molecule has 0 fully saturated rings. The maximum atomic E-state index is 8.74. The van der Waals surface area contributed by atoms with Crippen molar-refractivity contribution in [3.05, 3.63) is 40.4 Å². The summed E-state index contributed by atoms with van der Waals surface area (Å²) >= 11 is 1.66. The van der Waals surface area contributed by atoms with Gasteiger partial charge in [0.2, 0.25) is 0 Å². The maximum Gasteiger partial charge on any atom is 0.123 e. The number of thiazole rings is 1. The Balaban J connectivity index is 2.31. The Morgan fingerprint density at radius 3 is 2.50 bits per heavy atom. The highest BCUT2D eigenvalue weighted by Gasteiger charge is 2.09. The molecule has 2 rings (SSSR count). The lowest BCUT2D eigenvalue weighted by molar-refractivity contribution is 0.867. The van der Waals surface area contributed by atoms with Gasteiger partial charge in [-0.3, -0.25) is 0 Å². The second-order valence-corrected chi connectivity index (χ2v) is 5.84. The Hall–Kier alpha value is -1.66. The first-order chi connectivity index (χ1) is 8.61. The molecule has 1 heterocycles. The lowest BCUT2D eigenvalue weighted by Gasteiger charge is -2.05. The van der Waals surface area contributed by atoms with E-state index in [-0.39, 0.29) is 0 Å². The van der Waals surface area contributed by atoms with E-state index in [0.717, 1.165) is 21.1 Å². The van der Waals surface area contributed by atoms with Crippen LogP contribution < -0.4 is 0 Å². The summed E-state index contributed by atoms with van der Waals surface area (Å²) in [7, 11) is 0. The molecule has 2 nitrogen and oxygen atoms in total. The van der Waals surface area contributed by atoms with E-state index >= 15 is 0 Å². The summed E-state index contributed by atoms with van der Waals surface area (Å²) in [5.74, 6) is 0.547. The Morgan fingerprint density at radius 1 is 1.28 bits per heavy atom. The second-order valence-electron chi connectivity index (χ2n) is 4.63. The van der Waals surface area contributed by atoms with Crippen LogP contribution in [0, 0.1) is 18.3 Å². The van der Waals surface area contributed by atoms with E-state index in [9.17, 15) is 0 Å². The van der Waals surface area contributed by atoms with Crippen molar-refractivity contribution in [1.29, 1.82) is 5.26 Å². The molecule has 0 radical (unpaired) electrons. The van der Waals surface area contributed by atoms with Crippen molar-refractivity contribution in [3.63, 3.8) is 0 Å². The Labute approximate surface area is 112 Å². The molecule has 0 spiro atoms. The van der Waals surface area contributed by atoms with Crippen LogP contribution in [0.4, 0.5) is 0 Å². The summed E-state index contributed by atoms with van der Waals surface area (Å²) in [4.78, 5) is 5.68. The van der Waals surface area contributed by atoms with Gasteiger partial charge in [-0.1, -0.05) is 38.1 Å². The highest BCUT2D eigenvalue weighted by Crippen LogP contribution is 2.28. The first kappa shape index (κ1) is 12.8. The van der Waals surface area contributed by atoms with Crippen LogP contribution in [0.2, 0.25) is 0 Å². The molecule has 3 heteroatoms. The fourth-order valence-corrected chi connectivity index (χ4v) is 2.74. The molecule has 0 aliphatic heterocycles. The van der Waals surface area contributed by atoms with E-state index in [1.165, 1.54) is 5.56 Å². The van der Waals surface area contributed by atoms with Crippen LogP contribution in [-0.4, -0.2) is 4.98 Å². The van der Waals surface area contributed by atoms with Crippen LogP contribution in [0.3, 0.4) is 0 Å². The largest absolute Gasteiger partial charge is 0.240 e. The number of aryl methyl sites for hydroxylation is 1. The summed E-state index contributed by atoms with van der Waals surface area (Å²) in [5.41, 5.74) is 3.38. The van der Waals surface area contributed by atoms with Gasteiger partial charge in [0.1, 0.15) is 5.01 Å². The maximum absolute atomic E-state index is 8.74. The van der Waals surface area contributed by atoms with Crippen LogP contribution in [0.25, 0.3) is 10.6 Å². The summed E-state index contributed by atoms with van der Waals surface area (Å²) in [5, 5.41) is 9.74. The minimum Gasteiger partial charge on any atom is -0.240 e. The zero-order valence-electron chi connectivity index (χ0n) is 10.9.